The molecule has 0 saturated carbocycles. The Kier molecular flexibility index (Phi) is 6.98. The van der Waals surface area contributed by atoms with Crippen LogP contribution in [0.15, 0.2) is 35.5 Å². The number of rotatable bonds is 7. The van der Waals surface area contributed by atoms with Crippen molar-refractivity contribution in [2.24, 2.45) is 0 Å². The standard InChI is InChI=1S/C21H30N4O4/c1-4-17-19(20(26)29-5-2)18(23-21(27)22-17)14-24-9-11-25(12-10-24)15-7-6-8-16(13-15)28-3/h6-8,13,17H,4-5,9-12,14H2,1-3H3,(H2,22,23,27)/t17-/m0/s1. The predicted octanol–water partition coefficient (Wildman–Crippen LogP) is 1.73. The first-order chi connectivity index (χ1) is 14.0. The normalized spacial score (nSPS) is 20.2. The Morgan fingerprint density at radius 2 is 1.97 bits per heavy atom. The summed E-state index contributed by atoms with van der Waals surface area (Å²) < 4.78 is 10.6. The number of esters is 1. The highest BCUT2D eigenvalue weighted by Crippen LogP contribution is 2.23. The maximum absolute atomic E-state index is 12.5. The van der Waals surface area contributed by atoms with Gasteiger partial charge in [0.2, 0.25) is 0 Å². The van der Waals surface area contributed by atoms with Crippen LogP contribution in [0.25, 0.3) is 0 Å². The lowest BCUT2D eigenvalue weighted by molar-refractivity contribution is -0.139. The van der Waals surface area contributed by atoms with E-state index < -0.39 is 0 Å². The number of piperazine rings is 1. The zero-order valence-electron chi connectivity index (χ0n) is 17.4. The van der Waals surface area contributed by atoms with Gasteiger partial charge >= 0.3 is 12.0 Å². The molecule has 1 aromatic carbocycles. The summed E-state index contributed by atoms with van der Waals surface area (Å²) in [6.45, 7) is 7.93. The van der Waals surface area contributed by atoms with Gasteiger partial charge in [-0.3, -0.25) is 4.90 Å². The summed E-state index contributed by atoms with van der Waals surface area (Å²) in [5.41, 5.74) is 2.31. The number of anilines is 1. The van der Waals surface area contributed by atoms with Crippen LogP contribution in [0.2, 0.25) is 0 Å². The van der Waals surface area contributed by atoms with Gasteiger partial charge in [-0.05, 0) is 25.5 Å². The van der Waals surface area contributed by atoms with Crippen molar-refractivity contribution < 1.29 is 19.1 Å². The molecule has 2 amide bonds. The SMILES string of the molecule is CCOC(=O)C1=C(CN2CCN(c3cccc(OC)c3)CC2)NC(=O)N[C@H]1CC. The van der Waals surface area contributed by atoms with Crippen LogP contribution in [0.4, 0.5) is 10.5 Å². The molecule has 29 heavy (non-hydrogen) atoms. The number of nitrogens with one attached hydrogen (secondary N) is 2. The molecule has 8 nitrogen and oxygen atoms in total. The van der Waals surface area contributed by atoms with Crippen molar-refractivity contribution in [3.63, 3.8) is 0 Å². The van der Waals surface area contributed by atoms with Crippen LogP contribution in [0.5, 0.6) is 5.75 Å². The molecule has 8 heteroatoms. The molecule has 0 unspecified atom stereocenters. The molecule has 2 aliphatic rings. The number of amides is 2. The summed E-state index contributed by atoms with van der Waals surface area (Å²) in [7, 11) is 1.67. The number of benzene rings is 1. The Labute approximate surface area is 171 Å². The van der Waals surface area contributed by atoms with E-state index >= 15 is 0 Å². The second-order valence-electron chi connectivity index (χ2n) is 7.14. The van der Waals surface area contributed by atoms with E-state index in [-0.39, 0.29) is 18.0 Å². The fourth-order valence-corrected chi connectivity index (χ4v) is 3.78. The van der Waals surface area contributed by atoms with Gasteiger partial charge < -0.3 is 25.0 Å². The maximum atomic E-state index is 12.5. The Bertz CT molecular complexity index is 772. The number of hydrogen-bond acceptors (Lipinski definition) is 6. The number of urea groups is 1. The van der Waals surface area contributed by atoms with Gasteiger partial charge in [-0.2, -0.15) is 0 Å². The lowest BCUT2D eigenvalue weighted by Crippen LogP contribution is -2.54. The molecule has 1 saturated heterocycles. The van der Waals surface area contributed by atoms with Gasteiger partial charge in [0.15, 0.2) is 0 Å². The Hall–Kier alpha value is -2.74. The van der Waals surface area contributed by atoms with Crippen molar-refractivity contribution >= 4 is 17.7 Å². The van der Waals surface area contributed by atoms with Gasteiger partial charge in [0.25, 0.3) is 0 Å². The highest BCUT2D eigenvalue weighted by Gasteiger charge is 2.32. The highest BCUT2D eigenvalue weighted by atomic mass is 16.5. The minimum atomic E-state index is -0.364. The van der Waals surface area contributed by atoms with Gasteiger partial charge in [0, 0.05) is 50.2 Å². The molecule has 2 N–H and O–H groups in total. The molecule has 3 rings (SSSR count). The molecule has 0 aromatic heterocycles. The third kappa shape index (κ3) is 5.00. The van der Waals surface area contributed by atoms with Gasteiger partial charge in [-0.25, -0.2) is 9.59 Å². The van der Waals surface area contributed by atoms with Gasteiger partial charge in [-0.15, -0.1) is 0 Å². The van der Waals surface area contributed by atoms with Crippen molar-refractivity contribution in [1.29, 1.82) is 0 Å². The molecular weight excluding hydrogens is 372 g/mol. The largest absolute Gasteiger partial charge is 0.497 e. The third-order valence-electron chi connectivity index (χ3n) is 5.32. The molecule has 0 bridgehead atoms. The maximum Gasteiger partial charge on any atom is 0.337 e. The molecule has 1 fully saturated rings. The van der Waals surface area contributed by atoms with E-state index in [1.807, 2.05) is 25.1 Å². The lowest BCUT2D eigenvalue weighted by Gasteiger charge is -2.38. The van der Waals surface area contributed by atoms with Crippen LogP contribution in [0.3, 0.4) is 0 Å². The van der Waals surface area contributed by atoms with E-state index in [4.69, 9.17) is 9.47 Å². The predicted molar refractivity (Wildman–Crippen MR) is 111 cm³/mol. The number of carbonyl (C=O) groups excluding carboxylic acids is 2. The first-order valence-corrected chi connectivity index (χ1v) is 10.1. The Morgan fingerprint density at radius 1 is 1.21 bits per heavy atom. The van der Waals surface area contributed by atoms with Gasteiger partial charge in [-0.1, -0.05) is 13.0 Å². The summed E-state index contributed by atoms with van der Waals surface area (Å²) in [5.74, 6) is 0.481. The first-order valence-electron chi connectivity index (χ1n) is 10.1. The third-order valence-corrected chi connectivity index (χ3v) is 5.32. The number of hydrogen-bond donors (Lipinski definition) is 2. The van der Waals surface area contributed by atoms with Crippen molar-refractivity contribution in [2.45, 2.75) is 26.3 Å². The average Bonchev–Trinajstić information content (AvgIpc) is 2.74. The zero-order chi connectivity index (χ0) is 20.8. The zero-order valence-corrected chi connectivity index (χ0v) is 17.4. The minimum absolute atomic E-state index is 0.269. The molecule has 158 valence electrons. The van der Waals surface area contributed by atoms with Crippen LogP contribution in [-0.2, 0) is 9.53 Å². The molecule has 0 radical (unpaired) electrons. The number of carbonyl (C=O) groups is 2. The summed E-state index contributed by atoms with van der Waals surface area (Å²) in [5, 5.41) is 5.65. The lowest BCUT2D eigenvalue weighted by atomic mass is 10.00. The number of methoxy groups -OCH3 is 1. The summed E-state index contributed by atoms with van der Waals surface area (Å²) in [6.07, 6.45) is 0.634. The average molecular weight is 402 g/mol. The monoisotopic (exact) mass is 402 g/mol. The number of ether oxygens (including phenoxy) is 2. The quantitative estimate of drug-likeness (QED) is 0.676. The van der Waals surface area contributed by atoms with Crippen molar-refractivity contribution in [2.75, 3.05) is 51.3 Å². The second kappa shape index (κ2) is 9.65. The number of nitrogens with zero attached hydrogens (tertiary/aromatic N) is 2. The second-order valence-corrected chi connectivity index (χ2v) is 7.14. The molecule has 0 spiro atoms. The van der Waals surface area contributed by atoms with Crippen LogP contribution in [0, 0.1) is 0 Å². The van der Waals surface area contributed by atoms with E-state index in [2.05, 4.69) is 26.5 Å². The Morgan fingerprint density at radius 3 is 2.62 bits per heavy atom. The van der Waals surface area contributed by atoms with E-state index in [0.29, 0.717) is 30.8 Å². The van der Waals surface area contributed by atoms with Gasteiger partial charge in [0.05, 0.1) is 25.3 Å². The summed E-state index contributed by atoms with van der Waals surface area (Å²) in [4.78, 5) is 29.1. The van der Waals surface area contributed by atoms with Crippen LogP contribution in [0.1, 0.15) is 20.3 Å². The molecule has 1 atom stereocenters. The smallest absolute Gasteiger partial charge is 0.337 e. The first kappa shape index (κ1) is 21.0. The van der Waals surface area contributed by atoms with Gasteiger partial charge in [0.1, 0.15) is 5.75 Å². The summed E-state index contributed by atoms with van der Waals surface area (Å²) in [6, 6.07) is 7.46. The molecule has 0 aliphatic carbocycles. The fourth-order valence-electron chi connectivity index (χ4n) is 3.78. The fraction of sp³-hybridized carbons (Fsp3) is 0.524. The van der Waals surface area contributed by atoms with Crippen LogP contribution in [-0.4, -0.2) is 69.4 Å². The van der Waals surface area contributed by atoms with Crippen molar-refractivity contribution in [3.05, 3.63) is 35.5 Å². The van der Waals surface area contributed by atoms with E-state index in [9.17, 15) is 9.59 Å². The molecule has 2 aliphatic heterocycles. The van der Waals surface area contributed by atoms with Crippen LogP contribution < -0.4 is 20.3 Å². The van der Waals surface area contributed by atoms with Crippen molar-refractivity contribution in [1.82, 2.24) is 15.5 Å². The topological polar surface area (TPSA) is 83.1 Å². The molecule has 1 aromatic rings. The van der Waals surface area contributed by atoms with Crippen molar-refractivity contribution in [3.8, 4) is 5.75 Å². The van der Waals surface area contributed by atoms with E-state index in [0.717, 1.165) is 37.6 Å². The minimum Gasteiger partial charge on any atom is -0.497 e. The molecular formula is C21H30N4O4. The molecule has 2 heterocycles. The van der Waals surface area contributed by atoms with Crippen LogP contribution >= 0.6 is 0 Å². The van der Waals surface area contributed by atoms with E-state index in [1.54, 1.807) is 14.0 Å². The van der Waals surface area contributed by atoms with E-state index in [1.165, 1.54) is 0 Å². The highest BCUT2D eigenvalue weighted by molar-refractivity contribution is 5.94. The summed E-state index contributed by atoms with van der Waals surface area (Å²) >= 11 is 0. The Balaban J connectivity index is 1.69.